The van der Waals surface area contributed by atoms with Gasteiger partial charge in [-0.2, -0.15) is 0 Å². The Morgan fingerprint density at radius 1 is 0.547 bits per heavy atom. The number of hydrogen-bond donors (Lipinski definition) is 0. The molecule has 4 aliphatic rings. The average molecular weight is 1420 g/mol. The molecule has 12 aromatic rings. The van der Waals surface area contributed by atoms with E-state index >= 15 is 0 Å². The van der Waals surface area contributed by atoms with Crippen molar-refractivity contribution in [2.75, 3.05) is 47.8 Å². The lowest BCUT2D eigenvalue weighted by molar-refractivity contribution is 0.179. The molecule has 12 heterocycles. The second-order valence-electron chi connectivity index (χ2n) is 25.8. The van der Waals surface area contributed by atoms with E-state index in [4.69, 9.17) is 46.4 Å². The van der Waals surface area contributed by atoms with Crippen LogP contribution < -0.4 is 0 Å². The van der Waals surface area contributed by atoms with Crippen LogP contribution in [0.3, 0.4) is 0 Å². The van der Waals surface area contributed by atoms with Gasteiger partial charge >= 0.3 is 0 Å². The van der Waals surface area contributed by atoms with E-state index in [0.717, 1.165) is 94.4 Å². The molecule has 0 aliphatic carbocycles. The zero-order valence-electron chi connectivity index (χ0n) is 55.0. The number of hydrogen-bond acceptors (Lipinski definition) is 8. The minimum Gasteiger partial charge on any atom is -0.332 e. The molecule has 0 fully saturated rings. The number of aryl methyl sites for hydroxylation is 3. The van der Waals surface area contributed by atoms with Crippen molar-refractivity contribution in [1.29, 1.82) is 0 Å². The third kappa shape index (κ3) is 14.5. The Labute approximate surface area is 593 Å². The molecule has 0 N–H and O–H groups in total. The Morgan fingerprint density at radius 2 is 1.04 bits per heavy atom. The predicted molar refractivity (Wildman–Crippen MR) is 410 cm³/mol. The van der Waals surface area contributed by atoms with Crippen LogP contribution in [0.1, 0.15) is 104 Å². The quantitative estimate of drug-likeness (QED) is 0.149. The van der Waals surface area contributed by atoms with Gasteiger partial charge in [-0.25, -0.2) is 4.39 Å². The maximum absolute atomic E-state index is 13.4. The summed E-state index contributed by atoms with van der Waals surface area (Å²) in [5, 5.41) is 8.06. The van der Waals surface area contributed by atoms with Crippen molar-refractivity contribution >= 4 is 163 Å². The van der Waals surface area contributed by atoms with Crippen LogP contribution in [-0.2, 0) is 51.9 Å². The normalized spacial score (nSPS) is 16.8. The van der Waals surface area contributed by atoms with E-state index in [1.807, 2.05) is 12.1 Å². The first kappa shape index (κ1) is 67.1. The molecule has 4 aliphatic heterocycles. The number of rotatable bonds is 7. The van der Waals surface area contributed by atoms with Crippen molar-refractivity contribution in [3.63, 3.8) is 0 Å². The summed E-state index contributed by atoms with van der Waals surface area (Å²) < 4.78 is 25.1. The number of fused-ring (bicyclic) bond motifs is 12. The van der Waals surface area contributed by atoms with Crippen LogP contribution in [0.15, 0.2) is 127 Å². The summed E-state index contributed by atoms with van der Waals surface area (Å²) in [6, 6.07) is 42.5. The van der Waals surface area contributed by atoms with Gasteiger partial charge in [-0.15, -0.1) is 45.3 Å². The SMILES string of the molecule is CC1Cc2c(c3cc(Cl)sc3n2C#Cc2cccc(F)c2)C(C)N1C.Cc1cccc(/C=C/Cn2c3c(c4c(Cl)csc42)CN(C)CC3)c1.Cc1cccc(/C=C/n2c3c(c4cc(Cl)sc42)CN(C)CC3)c1.Cc1cccc(/C=C\n2c3c(c4cc(Cl)sc42)CN(C)CC3)c1. The van der Waals surface area contributed by atoms with Gasteiger partial charge in [0, 0.05) is 157 Å². The maximum Gasteiger partial charge on any atom is 0.124 e. The highest BCUT2D eigenvalue weighted by Gasteiger charge is 2.33. The Kier molecular flexibility index (Phi) is 20.4. The number of nitrogens with zero attached hydrogens (tertiary/aromatic N) is 8. The van der Waals surface area contributed by atoms with Gasteiger partial charge in [0.1, 0.15) is 25.1 Å². The van der Waals surface area contributed by atoms with Crippen molar-refractivity contribution in [1.82, 2.24) is 37.9 Å². The van der Waals surface area contributed by atoms with E-state index in [0.29, 0.717) is 17.6 Å². The molecule has 16 rings (SSSR count). The highest BCUT2D eigenvalue weighted by molar-refractivity contribution is 7.23. The van der Waals surface area contributed by atoms with Crippen LogP contribution in [0.2, 0.25) is 18.0 Å². The number of aromatic nitrogens is 4. The van der Waals surface area contributed by atoms with E-state index in [2.05, 4.69) is 240 Å². The first-order valence-electron chi connectivity index (χ1n) is 32.3. The zero-order chi connectivity index (χ0) is 66.3. The number of halogens is 5. The molecule has 17 heteroatoms. The summed E-state index contributed by atoms with van der Waals surface area (Å²) in [4.78, 5) is 14.4. The molecule has 2 unspecified atom stereocenters. The second-order valence-corrected chi connectivity index (χ2v) is 32.0. The summed E-state index contributed by atoms with van der Waals surface area (Å²) in [6.07, 6.45) is 17.5. The van der Waals surface area contributed by atoms with E-state index in [1.54, 1.807) is 51.4 Å². The van der Waals surface area contributed by atoms with E-state index in [9.17, 15) is 4.39 Å². The highest BCUT2D eigenvalue weighted by atomic mass is 35.5. The maximum atomic E-state index is 13.4. The molecule has 0 spiro atoms. The van der Waals surface area contributed by atoms with E-state index in [-0.39, 0.29) is 5.82 Å². The van der Waals surface area contributed by atoms with Gasteiger partial charge in [-0.3, -0.25) is 9.47 Å². The van der Waals surface area contributed by atoms with Crippen LogP contribution in [0.4, 0.5) is 4.39 Å². The molecule has 95 heavy (non-hydrogen) atoms. The topological polar surface area (TPSA) is 32.7 Å². The average Bonchev–Trinajstić information content (AvgIpc) is 1.63. The van der Waals surface area contributed by atoms with Crippen LogP contribution in [-0.4, -0.2) is 91.7 Å². The van der Waals surface area contributed by atoms with Crippen LogP contribution in [0.5, 0.6) is 0 Å². The van der Waals surface area contributed by atoms with Gasteiger partial charge in [-0.05, 0) is 156 Å². The largest absolute Gasteiger partial charge is 0.332 e. The van der Waals surface area contributed by atoms with Gasteiger partial charge in [0.25, 0.3) is 0 Å². The third-order valence-corrected chi connectivity index (χ3v) is 24.0. The molecule has 0 bridgehead atoms. The minimum atomic E-state index is -0.269. The zero-order valence-corrected chi connectivity index (χ0v) is 61.3. The van der Waals surface area contributed by atoms with E-state index in [1.165, 1.54) is 127 Å². The molecule has 488 valence electrons. The molecule has 0 saturated carbocycles. The second kappa shape index (κ2) is 28.9. The fourth-order valence-electron chi connectivity index (χ4n) is 13.9. The summed E-state index contributed by atoms with van der Waals surface area (Å²) in [6.45, 7) is 18.1. The molecule has 0 saturated heterocycles. The standard InChI is InChI=1S/C20H18ClFN2S.C20H21ClN2S.2C19H19ClN2S/c1-12-9-17-19(13(2)23(12)3)16-11-18(21)25-20(16)24(17)8-7-14-5-4-6-15(22)10-14;1-14-5-3-6-15(11-14)7-4-9-23-18-8-10-22(2)12-16(18)19-17(21)13-24-20(19)23;2*1-13-4-3-5-14(10-13)6-9-22-17-7-8-21(2)12-16(17)15-11-18(20)23-19(15)22/h4-6,10-13H,9H2,1-3H3;3-7,11,13H,8-10,12H2,1-2H3;2*3-6,9-11H,7-8,12H2,1-2H3/b;7-4+;9-6+;9-6-. The lowest BCUT2D eigenvalue weighted by atomic mass is 9.94. The fraction of sp³-hybridized carbons (Fsp3) is 0.282. The van der Waals surface area contributed by atoms with Crippen molar-refractivity contribution < 1.29 is 4.39 Å². The first-order chi connectivity index (χ1) is 45.8. The van der Waals surface area contributed by atoms with Crippen LogP contribution in [0.25, 0.3) is 71.5 Å². The monoisotopic (exact) mass is 1410 g/mol. The Hall–Kier alpha value is -6.45. The first-order valence-corrected chi connectivity index (χ1v) is 37.2. The smallest absolute Gasteiger partial charge is 0.124 e. The van der Waals surface area contributed by atoms with E-state index < -0.39 is 0 Å². The van der Waals surface area contributed by atoms with Crippen LogP contribution in [0, 0.1) is 38.6 Å². The lowest BCUT2D eigenvalue weighted by Crippen LogP contribution is -2.38. The van der Waals surface area contributed by atoms with Crippen molar-refractivity contribution in [2.24, 2.45) is 0 Å². The molecule has 4 aromatic carbocycles. The number of benzene rings is 4. The van der Waals surface area contributed by atoms with Crippen molar-refractivity contribution in [3.8, 4) is 12.0 Å². The third-order valence-electron chi connectivity index (χ3n) is 18.8. The van der Waals surface area contributed by atoms with Gasteiger partial charge in [0.2, 0.25) is 0 Å². The summed E-state index contributed by atoms with van der Waals surface area (Å²) in [5.41, 5.74) is 19.5. The fourth-order valence-corrected chi connectivity index (χ4v) is 19.0. The van der Waals surface area contributed by atoms with Crippen molar-refractivity contribution in [2.45, 2.75) is 98.6 Å². The number of thiophene rings is 4. The molecular weight excluding hydrogens is 1340 g/mol. The Balaban J connectivity index is 0.000000115. The van der Waals surface area contributed by atoms with Gasteiger partial charge < -0.3 is 28.4 Å². The van der Waals surface area contributed by atoms with Gasteiger partial charge in [0.05, 0.1) is 18.0 Å². The van der Waals surface area contributed by atoms with Gasteiger partial charge in [-0.1, -0.05) is 154 Å². The molecule has 0 amide bonds. The lowest BCUT2D eigenvalue weighted by Gasteiger charge is -2.36. The molecular formula is C78H77Cl4FN8S4. The minimum absolute atomic E-state index is 0.269. The predicted octanol–water partition coefficient (Wildman–Crippen LogP) is 21.2. The number of likely N-dealkylation sites (N-methyl/N-ethyl adjacent to an activating group) is 4. The highest BCUT2D eigenvalue weighted by Crippen LogP contribution is 2.45. The van der Waals surface area contributed by atoms with Crippen molar-refractivity contribution in [3.05, 3.63) is 235 Å². The molecule has 2 atom stereocenters. The Bertz CT molecular complexity index is 4840. The van der Waals surface area contributed by atoms with Crippen LogP contribution >= 0.6 is 91.8 Å². The summed E-state index contributed by atoms with van der Waals surface area (Å²) in [7, 11) is 8.71. The van der Waals surface area contributed by atoms with Gasteiger partial charge in [0.15, 0.2) is 0 Å². The number of allylic oxidation sites excluding steroid dienone is 1. The molecule has 0 radical (unpaired) electrons. The Morgan fingerprint density at radius 3 is 1.58 bits per heavy atom. The molecule has 8 aromatic heterocycles. The summed E-state index contributed by atoms with van der Waals surface area (Å²) in [5.74, 6) is 2.83. The molecule has 8 nitrogen and oxygen atoms in total. The summed E-state index contributed by atoms with van der Waals surface area (Å²) >= 11 is 32.0.